The molecular formula is C16H21N5O3. The van der Waals surface area contributed by atoms with E-state index < -0.39 is 0 Å². The van der Waals surface area contributed by atoms with Crippen LogP contribution in [-0.4, -0.2) is 53.2 Å². The molecule has 0 spiro atoms. The lowest BCUT2D eigenvalue weighted by atomic mass is 10.2. The molecule has 24 heavy (non-hydrogen) atoms. The van der Waals surface area contributed by atoms with Crippen molar-refractivity contribution in [3.05, 3.63) is 36.2 Å². The maximum absolute atomic E-state index is 12.3. The van der Waals surface area contributed by atoms with Crippen LogP contribution in [0, 0.1) is 0 Å². The molecule has 1 aliphatic heterocycles. The van der Waals surface area contributed by atoms with E-state index in [-0.39, 0.29) is 12.1 Å². The van der Waals surface area contributed by atoms with Crippen molar-refractivity contribution in [3.63, 3.8) is 0 Å². The van der Waals surface area contributed by atoms with Gasteiger partial charge in [-0.1, -0.05) is 6.07 Å². The Morgan fingerprint density at radius 2 is 2.00 bits per heavy atom. The molecular weight excluding hydrogens is 310 g/mol. The number of hydrogen-bond donors (Lipinski definition) is 1. The van der Waals surface area contributed by atoms with Gasteiger partial charge in [0.25, 0.3) is 0 Å². The first-order valence-electron chi connectivity index (χ1n) is 7.80. The molecule has 0 saturated carbocycles. The molecule has 3 rings (SSSR count). The molecule has 2 amide bonds. The molecule has 2 aromatic rings. The summed E-state index contributed by atoms with van der Waals surface area (Å²) in [7, 11) is 3.19. The van der Waals surface area contributed by atoms with E-state index in [4.69, 9.17) is 9.47 Å². The van der Waals surface area contributed by atoms with Gasteiger partial charge in [0.15, 0.2) is 11.5 Å². The molecule has 1 aliphatic rings. The number of rotatable bonds is 5. The lowest BCUT2D eigenvalue weighted by Gasteiger charge is -2.17. The number of methoxy groups -OCH3 is 2. The molecule has 1 aromatic heterocycles. The van der Waals surface area contributed by atoms with E-state index in [2.05, 4.69) is 15.5 Å². The fourth-order valence-corrected chi connectivity index (χ4v) is 2.81. The zero-order valence-electron chi connectivity index (χ0n) is 13.8. The van der Waals surface area contributed by atoms with Crippen molar-refractivity contribution >= 4 is 6.03 Å². The summed E-state index contributed by atoms with van der Waals surface area (Å²) in [5.41, 5.74) is 0.950. The summed E-state index contributed by atoms with van der Waals surface area (Å²) in [4.78, 5) is 15.8. The van der Waals surface area contributed by atoms with Crippen LogP contribution in [0.2, 0.25) is 0 Å². The second-order valence-corrected chi connectivity index (χ2v) is 5.59. The summed E-state index contributed by atoms with van der Waals surface area (Å²) in [6.07, 6.45) is 4.16. The van der Waals surface area contributed by atoms with Crippen LogP contribution in [0.4, 0.5) is 4.79 Å². The van der Waals surface area contributed by atoms with Crippen molar-refractivity contribution in [2.45, 2.75) is 19.0 Å². The van der Waals surface area contributed by atoms with E-state index in [1.54, 1.807) is 36.3 Å². The van der Waals surface area contributed by atoms with Crippen LogP contribution >= 0.6 is 0 Å². The van der Waals surface area contributed by atoms with Crippen molar-refractivity contribution < 1.29 is 14.3 Å². The third-order valence-corrected chi connectivity index (χ3v) is 4.11. The van der Waals surface area contributed by atoms with Gasteiger partial charge in [-0.05, 0) is 24.1 Å². The van der Waals surface area contributed by atoms with E-state index in [9.17, 15) is 4.79 Å². The van der Waals surface area contributed by atoms with Crippen molar-refractivity contribution in [3.8, 4) is 11.5 Å². The van der Waals surface area contributed by atoms with Crippen LogP contribution in [0.1, 0.15) is 18.0 Å². The second-order valence-electron chi connectivity index (χ2n) is 5.59. The van der Waals surface area contributed by atoms with Crippen molar-refractivity contribution in [1.82, 2.24) is 25.2 Å². The Balaban J connectivity index is 1.54. The van der Waals surface area contributed by atoms with Gasteiger partial charge in [0.05, 0.1) is 32.7 Å². The molecule has 8 heteroatoms. The highest BCUT2D eigenvalue weighted by Crippen LogP contribution is 2.27. The fraction of sp³-hybridized carbons (Fsp3) is 0.438. The Kier molecular flexibility index (Phi) is 4.83. The van der Waals surface area contributed by atoms with Crippen LogP contribution in [-0.2, 0) is 6.54 Å². The number of carbonyl (C=O) groups is 1. The van der Waals surface area contributed by atoms with E-state index in [1.807, 2.05) is 18.2 Å². The largest absolute Gasteiger partial charge is 0.493 e. The van der Waals surface area contributed by atoms with Gasteiger partial charge in [0.1, 0.15) is 0 Å². The van der Waals surface area contributed by atoms with Crippen LogP contribution in [0.25, 0.3) is 0 Å². The maximum Gasteiger partial charge on any atom is 0.317 e. The zero-order chi connectivity index (χ0) is 16.9. The first kappa shape index (κ1) is 16.1. The summed E-state index contributed by atoms with van der Waals surface area (Å²) in [5.74, 6) is 1.32. The zero-order valence-corrected chi connectivity index (χ0v) is 13.8. The van der Waals surface area contributed by atoms with Gasteiger partial charge in [-0.15, -0.1) is 0 Å². The molecule has 0 bridgehead atoms. The lowest BCUT2D eigenvalue weighted by molar-refractivity contribution is 0.206. The van der Waals surface area contributed by atoms with Crippen LogP contribution in [0.3, 0.4) is 0 Å². The Bertz CT molecular complexity index is 689. The molecule has 128 valence electrons. The number of benzene rings is 1. The number of nitrogens with zero attached hydrogens (tertiary/aromatic N) is 4. The standard InChI is InChI=1S/C16H21N5O3/c1-23-14-4-3-12(9-15(14)24-2)10-17-16(22)20-8-5-13(11-20)21-18-6-7-19-21/h3-4,6-7,9,13H,5,8,10-11H2,1-2H3,(H,17,22). The fourth-order valence-electron chi connectivity index (χ4n) is 2.81. The van der Waals surface area contributed by atoms with Gasteiger partial charge >= 0.3 is 6.03 Å². The smallest absolute Gasteiger partial charge is 0.317 e. The minimum Gasteiger partial charge on any atom is -0.493 e. The summed E-state index contributed by atoms with van der Waals surface area (Å²) in [6, 6.07) is 5.66. The summed E-state index contributed by atoms with van der Waals surface area (Å²) >= 11 is 0. The SMILES string of the molecule is COc1ccc(CNC(=O)N2CCC(n3nccn3)C2)cc1OC. The molecule has 1 saturated heterocycles. The van der Waals surface area contributed by atoms with Crippen molar-refractivity contribution in [2.24, 2.45) is 0 Å². The van der Waals surface area contributed by atoms with E-state index in [0.29, 0.717) is 31.1 Å². The summed E-state index contributed by atoms with van der Waals surface area (Å²) in [6.45, 7) is 1.75. The number of hydrogen-bond acceptors (Lipinski definition) is 5. The van der Waals surface area contributed by atoms with Crippen LogP contribution < -0.4 is 14.8 Å². The predicted octanol–water partition coefficient (Wildman–Crippen LogP) is 1.45. The molecule has 1 atom stereocenters. The minimum atomic E-state index is -0.0839. The number of nitrogens with one attached hydrogen (secondary N) is 1. The van der Waals surface area contributed by atoms with Gasteiger partial charge < -0.3 is 19.7 Å². The number of ether oxygens (including phenoxy) is 2. The Morgan fingerprint density at radius 3 is 2.71 bits per heavy atom. The van der Waals surface area contributed by atoms with E-state index >= 15 is 0 Å². The van der Waals surface area contributed by atoms with Gasteiger partial charge in [-0.3, -0.25) is 0 Å². The molecule has 1 aromatic carbocycles. The van der Waals surface area contributed by atoms with Gasteiger partial charge in [-0.25, -0.2) is 4.79 Å². The molecule has 0 radical (unpaired) electrons. The predicted molar refractivity (Wildman–Crippen MR) is 87.0 cm³/mol. The molecule has 1 unspecified atom stereocenters. The van der Waals surface area contributed by atoms with Gasteiger partial charge in [0.2, 0.25) is 0 Å². The van der Waals surface area contributed by atoms with Crippen molar-refractivity contribution in [1.29, 1.82) is 0 Å². The second kappa shape index (κ2) is 7.20. The Labute approximate surface area is 140 Å². The molecule has 1 fully saturated rings. The Hall–Kier alpha value is -2.77. The number of amides is 2. The number of aromatic nitrogens is 3. The lowest BCUT2D eigenvalue weighted by Crippen LogP contribution is -2.38. The third kappa shape index (κ3) is 3.42. The van der Waals surface area contributed by atoms with E-state index in [0.717, 1.165) is 12.0 Å². The highest BCUT2D eigenvalue weighted by atomic mass is 16.5. The number of urea groups is 1. The average Bonchev–Trinajstić information content (AvgIpc) is 3.30. The summed E-state index contributed by atoms with van der Waals surface area (Å²) < 4.78 is 10.5. The van der Waals surface area contributed by atoms with Crippen LogP contribution in [0.5, 0.6) is 11.5 Å². The normalized spacial score (nSPS) is 16.9. The molecule has 8 nitrogen and oxygen atoms in total. The number of carbonyl (C=O) groups excluding carboxylic acids is 1. The van der Waals surface area contributed by atoms with Gasteiger partial charge in [0, 0.05) is 19.6 Å². The first-order valence-corrected chi connectivity index (χ1v) is 7.80. The first-order chi connectivity index (χ1) is 11.7. The molecule has 1 N–H and O–H groups in total. The third-order valence-electron chi connectivity index (χ3n) is 4.11. The van der Waals surface area contributed by atoms with Crippen molar-refractivity contribution in [2.75, 3.05) is 27.3 Å². The maximum atomic E-state index is 12.3. The average molecular weight is 331 g/mol. The highest BCUT2D eigenvalue weighted by molar-refractivity contribution is 5.74. The summed E-state index contributed by atoms with van der Waals surface area (Å²) in [5, 5.41) is 11.2. The molecule has 2 heterocycles. The highest BCUT2D eigenvalue weighted by Gasteiger charge is 2.28. The Morgan fingerprint density at radius 1 is 1.25 bits per heavy atom. The monoisotopic (exact) mass is 331 g/mol. The van der Waals surface area contributed by atoms with Gasteiger partial charge in [-0.2, -0.15) is 15.0 Å². The van der Waals surface area contributed by atoms with E-state index in [1.165, 1.54) is 0 Å². The number of likely N-dealkylation sites (tertiary alicyclic amines) is 1. The minimum absolute atomic E-state index is 0.0839. The van der Waals surface area contributed by atoms with Crippen LogP contribution in [0.15, 0.2) is 30.6 Å². The quantitative estimate of drug-likeness (QED) is 0.897. The molecule has 0 aliphatic carbocycles. The topological polar surface area (TPSA) is 81.5 Å².